The van der Waals surface area contributed by atoms with Gasteiger partial charge in [0.05, 0.1) is 35.2 Å². The molecule has 1 fully saturated rings. The highest BCUT2D eigenvalue weighted by Crippen LogP contribution is 2.44. The summed E-state index contributed by atoms with van der Waals surface area (Å²) in [5, 5.41) is 10.4. The monoisotopic (exact) mass is 461 g/mol. The molecule has 3 aromatic rings. The maximum atomic E-state index is 14.7. The molecule has 174 valence electrons. The van der Waals surface area contributed by atoms with Crippen molar-refractivity contribution in [2.45, 2.75) is 19.9 Å². The van der Waals surface area contributed by atoms with Crippen molar-refractivity contribution in [2.24, 2.45) is 0 Å². The van der Waals surface area contributed by atoms with E-state index >= 15 is 0 Å². The first-order chi connectivity index (χ1) is 16.2. The van der Waals surface area contributed by atoms with Crippen LogP contribution >= 0.6 is 0 Å². The number of fused-ring (bicyclic) bond motifs is 5. The van der Waals surface area contributed by atoms with Crippen LogP contribution in [0.5, 0.6) is 5.75 Å². The molecule has 1 N–H and O–H groups in total. The van der Waals surface area contributed by atoms with E-state index in [-0.39, 0.29) is 29.7 Å². The lowest BCUT2D eigenvalue weighted by Gasteiger charge is -2.47. The highest BCUT2D eigenvalue weighted by molar-refractivity contribution is 6.11. The predicted molar refractivity (Wildman–Crippen MR) is 127 cm³/mol. The van der Waals surface area contributed by atoms with Gasteiger partial charge in [-0.15, -0.1) is 0 Å². The molecule has 0 unspecified atom stereocenters. The standard InChI is InChI=1S/C25H24FN5O3/c1-5-19(33)30-9-10-31-17(12-30)25(34)29(4)16-11-27-22-13(2)20(14(3)28-23(22)24(16)31)21-15(26)7-6-8-18(21)32/h5-8,11,17,32H,1,9-10,12H2,2-4H3/t17-/m1/s1. The van der Waals surface area contributed by atoms with Gasteiger partial charge < -0.3 is 19.8 Å². The Morgan fingerprint density at radius 1 is 1.24 bits per heavy atom. The van der Waals surface area contributed by atoms with Gasteiger partial charge in [0.25, 0.3) is 5.91 Å². The van der Waals surface area contributed by atoms with Crippen molar-refractivity contribution in [3.8, 4) is 16.9 Å². The van der Waals surface area contributed by atoms with Gasteiger partial charge in [-0.1, -0.05) is 12.6 Å². The molecule has 1 aromatic carbocycles. The Morgan fingerprint density at radius 3 is 2.71 bits per heavy atom. The van der Waals surface area contributed by atoms with Gasteiger partial charge in [0.2, 0.25) is 5.91 Å². The van der Waals surface area contributed by atoms with E-state index < -0.39 is 11.9 Å². The fraction of sp³-hybridized carbons (Fsp3) is 0.280. The molecule has 9 heteroatoms. The maximum absolute atomic E-state index is 14.7. The quantitative estimate of drug-likeness (QED) is 0.591. The number of carbonyl (C=O) groups excluding carboxylic acids is 2. The Labute approximate surface area is 195 Å². The summed E-state index contributed by atoms with van der Waals surface area (Å²) in [5.74, 6) is -1.05. The number of aromatic nitrogens is 2. The van der Waals surface area contributed by atoms with Crippen molar-refractivity contribution >= 4 is 34.2 Å². The zero-order valence-corrected chi connectivity index (χ0v) is 19.2. The average molecular weight is 461 g/mol. The van der Waals surface area contributed by atoms with Gasteiger partial charge in [-0.05, 0) is 37.6 Å². The molecule has 0 bridgehead atoms. The number of benzene rings is 1. The van der Waals surface area contributed by atoms with Gasteiger partial charge >= 0.3 is 0 Å². The Balaban J connectivity index is 1.72. The molecule has 0 radical (unpaired) electrons. The Hall–Kier alpha value is -4.01. The van der Waals surface area contributed by atoms with Gasteiger partial charge in [0.15, 0.2) is 0 Å². The molecule has 0 aliphatic carbocycles. The van der Waals surface area contributed by atoms with Crippen LogP contribution in [-0.4, -0.2) is 64.5 Å². The molecule has 2 aliphatic heterocycles. The first-order valence-corrected chi connectivity index (χ1v) is 11.0. The summed E-state index contributed by atoms with van der Waals surface area (Å²) >= 11 is 0. The number of halogens is 1. The van der Waals surface area contributed by atoms with Crippen molar-refractivity contribution < 1.29 is 19.1 Å². The third kappa shape index (κ3) is 3.03. The number of anilines is 2. The second-order valence-corrected chi connectivity index (χ2v) is 8.62. The molecular weight excluding hydrogens is 437 g/mol. The zero-order valence-electron chi connectivity index (χ0n) is 19.2. The van der Waals surface area contributed by atoms with E-state index in [0.717, 1.165) is 5.69 Å². The Kier molecular flexibility index (Phi) is 5.00. The zero-order chi connectivity index (χ0) is 24.3. The number of aromatic hydroxyl groups is 1. The molecule has 2 aromatic heterocycles. The van der Waals surface area contributed by atoms with Crippen LogP contribution in [-0.2, 0) is 9.59 Å². The van der Waals surface area contributed by atoms with Gasteiger partial charge in [-0.25, -0.2) is 9.37 Å². The predicted octanol–water partition coefficient (Wildman–Crippen LogP) is 2.94. The summed E-state index contributed by atoms with van der Waals surface area (Å²) in [6.07, 6.45) is 2.88. The van der Waals surface area contributed by atoms with Crippen LogP contribution in [0.15, 0.2) is 37.1 Å². The molecule has 0 saturated carbocycles. The number of phenols is 1. The van der Waals surface area contributed by atoms with E-state index in [1.165, 1.54) is 24.3 Å². The third-order valence-electron chi connectivity index (χ3n) is 6.75. The number of nitrogens with zero attached hydrogens (tertiary/aromatic N) is 5. The number of hydrogen-bond donors (Lipinski definition) is 1. The van der Waals surface area contributed by atoms with Gasteiger partial charge in [-0.2, -0.15) is 0 Å². The second kappa shape index (κ2) is 7.79. The van der Waals surface area contributed by atoms with Crippen molar-refractivity contribution in [2.75, 3.05) is 36.5 Å². The topological polar surface area (TPSA) is 89.9 Å². The molecule has 2 amide bonds. The Morgan fingerprint density at radius 2 is 2.00 bits per heavy atom. The highest BCUT2D eigenvalue weighted by Gasteiger charge is 2.42. The lowest BCUT2D eigenvalue weighted by Crippen LogP contribution is -2.62. The first kappa shape index (κ1) is 21.8. The number of phenolic OH excluding ortho intramolecular Hbond substituents is 1. The van der Waals surface area contributed by atoms with Crippen LogP contribution in [0.25, 0.3) is 22.2 Å². The van der Waals surface area contributed by atoms with Crippen LogP contribution < -0.4 is 9.80 Å². The van der Waals surface area contributed by atoms with Gasteiger partial charge in [-0.3, -0.25) is 14.6 Å². The largest absolute Gasteiger partial charge is 0.507 e. The van der Waals surface area contributed by atoms with Crippen molar-refractivity contribution in [3.05, 3.63) is 54.1 Å². The summed E-state index contributed by atoms with van der Waals surface area (Å²) < 4.78 is 14.7. The third-order valence-corrected chi connectivity index (χ3v) is 6.75. The minimum atomic E-state index is -0.557. The summed E-state index contributed by atoms with van der Waals surface area (Å²) in [5.41, 5.74) is 4.36. The number of piperazine rings is 1. The number of likely N-dealkylation sites (N-methyl/N-ethyl adjacent to an activating group) is 1. The van der Waals surface area contributed by atoms with E-state index in [0.29, 0.717) is 46.6 Å². The van der Waals surface area contributed by atoms with Gasteiger partial charge in [0.1, 0.15) is 23.1 Å². The Bertz CT molecular complexity index is 1370. The number of amides is 2. The lowest BCUT2D eigenvalue weighted by molar-refractivity contribution is -0.128. The number of aryl methyl sites for hydroxylation is 2. The molecule has 8 nitrogen and oxygen atoms in total. The van der Waals surface area contributed by atoms with E-state index in [1.54, 1.807) is 30.0 Å². The number of carbonyl (C=O) groups is 2. The molecule has 1 saturated heterocycles. The van der Waals surface area contributed by atoms with E-state index in [2.05, 4.69) is 11.6 Å². The van der Waals surface area contributed by atoms with Crippen LogP contribution in [0.2, 0.25) is 0 Å². The van der Waals surface area contributed by atoms with E-state index in [4.69, 9.17) is 4.98 Å². The molecule has 1 atom stereocenters. The minimum Gasteiger partial charge on any atom is -0.507 e. The number of rotatable bonds is 2. The van der Waals surface area contributed by atoms with Crippen molar-refractivity contribution in [1.29, 1.82) is 0 Å². The normalized spacial score (nSPS) is 17.6. The van der Waals surface area contributed by atoms with Gasteiger partial charge in [0, 0.05) is 31.4 Å². The van der Waals surface area contributed by atoms with Crippen LogP contribution in [0.3, 0.4) is 0 Å². The first-order valence-electron chi connectivity index (χ1n) is 11.0. The summed E-state index contributed by atoms with van der Waals surface area (Å²) in [6.45, 7) is 8.29. The van der Waals surface area contributed by atoms with E-state index in [9.17, 15) is 19.1 Å². The van der Waals surface area contributed by atoms with Crippen LogP contribution in [0.1, 0.15) is 11.3 Å². The van der Waals surface area contributed by atoms with Crippen molar-refractivity contribution in [3.63, 3.8) is 0 Å². The lowest BCUT2D eigenvalue weighted by atomic mass is 9.95. The maximum Gasteiger partial charge on any atom is 0.251 e. The highest BCUT2D eigenvalue weighted by atomic mass is 19.1. The second-order valence-electron chi connectivity index (χ2n) is 8.62. The molecule has 34 heavy (non-hydrogen) atoms. The molecule has 5 rings (SSSR count). The molecule has 4 heterocycles. The summed E-state index contributed by atoms with van der Waals surface area (Å²) in [6, 6.07) is 3.63. The number of hydrogen-bond acceptors (Lipinski definition) is 6. The minimum absolute atomic E-state index is 0.0909. The fourth-order valence-corrected chi connectivity index (χ4v) is 5.07. The fourth-order valence-electron chi connectivity index (χ4n) is 5.07. The number of pyridine rings is 2. The average Bonchev–Trinajstić information content (AvgIpc) is 2.82. The summed E-state index contributed by atoms with van der Waals surface area (Å²) in [4.78, 5) is 39.9. The van der Waals surface area contributed by atoms with Crippen LogP contribution in [0, 0.1) is 19.7 Å². The summed E-state index contributed by atoms with van der Waals surface area (Å²) in [7, 11) is 1.69. The smallest absolute Gasteiger partial charge is 0.251 e. The molecule has 0 spiro atoms. The van der Waals surface area contributed by atoms with Crippen molar-refractivity contribution in [1.82, 2.24) is 14.9 Å². The SMILES string of the molecule is C=CC(=O)N1CCN2c3c(cnc4c(C)c(-c5c(O)cccc5F)c(C)nc34)N(C)C(=O)[C@H]2C1. The molecule has 2 aliphatic rings. The van der Waals surface area contributed by atoms with E-state index in [1.807, 2.05) is 11.8 Å². The molecular formula is C25H24FN5O3. The van der Waals surface area contributed by atoms with Crippen LogP contribution in [0.4, 0.5) is 15.8 Å².